The van der Waals surface area contributed by atoms with Crippen LogP contribution in [0.15, 0.2) is 0 Å². The van der Waals surface area contributed by atoms with Crippen LogP contribution in [0.4, 0.5) is 0 Å². The highest BCUT2D eigenvalue weighted by Crippen LogP contribution is 2.21. The summed E-state index contributed by atoms with van der Waals surface area (Å²) in [4.78, 5) is 22.2. The van der Waals surface area contributed by atoms with Crippen molar-refractivity contribution in [3.05, 3.63) is 0 Å². The van der Waals surface area contributed by atoms with E-state index in [-0.39, 0.29) is 23.7 Å². The smallest absolute Gasteiger partial charge is 0.229 e. The molecule has 1 heterocycles. The van der Waals surface area contributed by atoms with Gasteiger partial charge in [0.25, 0.3) is 0 Å². The van der Waals surface area contributed by atoms with Crippen molar-refractivity contribution < 1.29 is 9.59 Å². The van der Waals surface area contributed by atoms with E-state index in [2.05, 4.69) is 5.32 Å². The molecular weight excluding hydrogens is 154 g/mol. The summed E-state index contributed by atoms with van der Waals surface area (Å²) in [7, 11) is 0. The normalized spacial score (nSPS) is 30.2. The number of hydrogen-bond donors (Lipinski definition) is 1. The fourth-order valence-corrected chi connectivity index (χ4v) is 1.58. The van der Waals surface area contributed by atoms with E-state index in [1.54, 1.807) is 0 Å². The van der Waals surface area contributed by atoms with E-state index < -0.39 is 0 Å². The van der Waals surface area contributed by atoms with Crippen LogP contribution in [-0.4, -0.2) is 11.8 Å². The molecule has 0 aliphatic carbocycles. The van der Waals surface area contributed by atoms with Crippen LogP contribution >= 0.6 is 0 Å². The minimum Gasteiger partial charge on any atom is -0.296 e. The topological polar surface area (TPSA) is 46.2 Å². The number of imide groups is 1. The average Bonchev–Trinajstić information content (AvgIpc) is 2.01. The molecule has 1 aliphatic rings. The van der Waals surface area contributed by atoms with Crippen LogP contribution in [0, 0.1) is 11.8 Å². The second-order valence-corrected chi connectivity index (χ2v) is 3.48. The van der Waals surface area contributed by atoms with Crippen molar-refractivity contribution in [3.8, 4) is 0 Å². The average molecular weight is 169 g/mol. The second-order valence-electron chi connectivity index (χ2n) is 3.48. The summed E-state index contributed by atoms with van der Waals surface area (Å²) >= 11 is 0. The SMILES string of the molecule is CCC[C@H]1C[C@@H](C)C(=O)NC1=O. The maximum atomic E-state index is 11.2. The lowest BCUT2D eigenvalue weighted by molar-refractivity contribution is -0.139. The summed E-state index contributed by atoms with van der Waals surface area (Å²) in [5.41, 5.74) is 0. The molecule has 12 heavy (non-hydrogen) atoms. The molecule has 0 unspecified atom stereocenters. The van der Waals surface area contributed by atoms with Gasteiger partial charge in [0.15, 0.2) is 0 Å². The van der Waals surface area contributed by atoms with Crippen molar-refractivity contribution in [3.63, 3.8) is 0 Å². The molecule has 1 fully saturated rings. The largest absolute Gasteiger partial charge is 0.296 e. The van der Waals surface area contributed by atoms with Gasteiger partial charge in [-0.1, -0.05) is 20.3 Å². The van der Waals surface area contributed by atoms with Crippen molar-refractivity contribution in [2.24, 2.45) is 11.8 Å². The summed E-state index contributed by atoms with van der Waals surface area (Å²) in [6.45, 7) is 3.92. The predicted octanol–water partition coefficient (Wildman–Crippen LogP) is 1.09. The van der Waals surface area contributed by atoms with Gasteiger partial charge in [-0.3, -0.25) is 14.9 Å². The Morgan fingerprint density at radius 2 is 2.08 bits per heavy atom. The third-order valence-corrected chi connectivity index (χ3v) is 2.34. The van der Waals surface area contributed by atoms with E-state index in [4.69, 9.17) is 0 Å². The van der Waals surface area contributed by atoms with Gasteiger partial charge in [0, 0.05) is 11.8 Å². The molecular formula is C9H15NO2. The van der Waals surface area contributed by atoms with Crippen LogP contribution < -0.4 is 5.32 Å². The minimum absolute atomic E-state index is 0.000694. The van der Waals surface area contributed by atoms with Crippen molar-refractivity contribution in [2.45, 2.75) is 33.1 Å². The van der Waals surface area contributed by atoms with E-state index in [0.717, 1.165) is 19.3 Å². The van der Waals surface area contributed by atoms with Crippen LogP contribution in [0.1, 0.15) is 33.1 Å². The lowest BCUT2D eigenvalue weighted by atomic mass is 9.87. The molecule has 68 valence electrons. The number of nitrogens with one attached hydrogen (secondary N) is 1. The first kappa shape index (κ1) is 9.23. The zero-order valence-electron chi connectivity index (χ0n) is 7.59. The molecule has 1 rings (SSSR count). The van der Waals surface area contributed by atoms with Crippen LogP contribution in [0.5, 0.6) is 0 Å². The van der Waals surface area contributed by atoms with Crippen molar-refractivity contribution in [2.75, 3.05) is 0 Å². The van der Waals surface area contributed by atoms with E-state index >= 15 is 0 Å². The molecule has 0 aromatic rings. The number of amides is 2. The van der Waals surface area contributed by atoms with Crippen molar-refractivity contribution in [1.82, 2.24) is 5.32 Å². The first-order valence-electron chi connectivity index (χ1n) is 4.49. The fourth-order valence-electron chi connectivity index (χ4n) is 1.58. The molecule has 0 radical (unpaired) electrons. The number of carbonyl (C=O) groups is 2. The van der Waals surface area contributed by atoms with Crippen molar-refractivity contribution in [1.29, 1.82) is 0 Å². The molecule has 1 aliphatic heterocycles. The highest BCUT2D eigenvalue weighted by atomic mass is 16.2. The highest BCUT2D eigenvalue weighted by Gasteiger charge is 2.30. The van der Waals surface area contributed by atoms with Gasteiger partial charge < -0.3 is 0 Å². The molecule has 1 N–H and O–H groups in total. The van der Waals surface area contributed by atoms with E-state index in [0.29, 0.717) is 0 Å². The molecule has 3 heteroatoms. The Bertz CT molecular complexity index is 201. The predicted molar refractivity (Wildman–Crippen MR) is 45.3 cm³/mol. The highest BCUT2D eigenvalue weighted by molar-refractivity contribution is 5.99. The number of carbonyl (C=O) groups excluding carboxylic acids is 2. The first-order valence-corrected chi connectivity index (χ1v) is 4.49. The zero-order chi connectivity index (χ0) is 9.14. The Morgan fingerprint density at radius 3 is 2.67 bits per heavy atom. The standard InChI is InChI=1S/C9H15NO2/c1-3-4-7-5-6(2)8(11)10-9(7)12/h6-7H,3-5H2,1-2H3,(H,10,11,12)/t6-,7+/m1/s1. The monoisotopic (exact) mass is 169 g/mol. The van der Waals surface area contributed by atoms with Gasteiger partial charge in [0.1, 0.15) is 0 Å². The molecule has 1 saturated heterocycles. The van der Waals surface area contributed by atoms with Crippen LogP contribution in [0.25, 0.3) is 0 Å². The van der Waals surface area contributed by atoms with Gasteiger partial charge in [0.2, 0.25) is 11.8 Å². The Hall–Kier alpha value is -0.860. The summed E-state index contributed by atoms with van der Waals surface area (Å²) in [5, 5.41) is 2.39. The Labute approximate surface area is 72.5 Å². The zero-order valence-corrected chi connectivity index (χ0v) is 7.59. The molecule has 0 bridgehead atoms. The van der Waals surface area contributed by atoms with Gasteiger partial charge in [-0.25, -0.2) is 0 Å². The summed E-state index contributed by atoms with van der Waals surface area (Å²) < 4.78 is 0. The second kappa shape index (κ2) is 3.70. The molecule has 2 atom stereocenters. The minimum atomic E-state index is -0.118. The van der Waals surface area contributed by atoms with Crippen LogP contribution in [0.3, 0.4) is 0 Å². The Morgan fingerprint density at radius 1 is 1.42 bits per heavy atom. The summed E-state index contributed by atoms with van der Waals surface area (Å²) in [6.07, 6.45) is 2.61. The number of piperidine rings is 1. The Kier molecular flexibility index (Phi) is 2.84. The van der Waals surface area contributed by atoms with Gasteiger partial charge in [-0.05, 0) is 12.8 Å². The van der Waals surface area contributed by atoms with E-state index in [1.165, 1.54) is 0 Å². The number of rotatable bonds is 2. The molecule has 2 amide bonds. The van der Waals surface area contributed by atoms with E-state index in [1.807, 2.05) is 13.8 Å². The maximum absolute atomic E-state index is 11.2. The molecule has 0 aromatic carbocycles. The third kappa shape index (κ3) is 1.84. The van der Waals surface area contributed by atoms with Gasteiger partial charge in [-0.15, -0.1) is 0 Å². The summed E-state index contributed by atoms with van der Waals surface area (Å²) in [6, 6.07) is 0. The van der Waals surface area contributed by atoms with Gasteiger partial charge in [0.05, 0.1) is 0 Å². The quantitative estimate of drug-likeness (QED) is 0.629. The molecule has 3 nitrogen and oxygen atoms in total. The van der Waals surface area contributed by atoms with Crippen LogP contribution in [-0.2, 0) is 9.59 Å². The lowest BCUT2D eigenvalue weighted by Gasteiger charge is -2.24. The maximum Gasteiger partial charge on any atom is 0.229 e. The Balaban J connectivity index is 2.55. The van der Waals surface area contributed by atoms with Crippen LogP contribution in [0.2, 0.25) is 0 Å². The number of hydrogen-bond acceptors (Lipinski definition) is 2. The molecule has 0 spiro atoms. The third-order valence-electron chi connectivity index (χ3n) is 2.34. The first-order chi connectivity index (χ1) is 5.65. The molecule has 0 saturated carbocycles. The van der Waals surface area contributed by atoms with Gasteiger partial charge in [-0.2, -0.15) is 0 Å². The van der Waals surface area contributed by atoms with Crippen molar-refractivity contribution >= 4 is 11.8 Å². The molecule has 0 aromatic heterocycles. The fraction of sp³-hybridized carbons (Fsp3) is 0.778. The lowest BCUT2D eigenvalue weighted by Crippen LogP contribution is -2.45. The van der Waals surface area contributed by atoms with E-state index in [9.17, 15) is 9.59 Å². The van der Waals surface area contributed by atoms with Gasteiger partial charge >= 0.3 is 0 Å². The summed E-state index contributed by atoms with van der Waals surface area (Å²) in [5.74, 6) is -0.144.